The molecule has 24 rings (SSSR count). The van der Waals surface area contributed by atoms with E-state index < -0.39 is 43.4 Å². The zero-order valence-corrected chi connectivity index (χ0v) is 83.7. The first-order valence-corrected chi connectivity index (χ1v) is 52.0. The van der Waals surface area contributed by atoms with Crippen LogP contribution in [-0.2, 0) is 90.4 Å². The molecule has 24 aliphatic rings. The summed E-state index contributed by atoms with van der Waals surface area (Å²) < 4.78 is 67.9. The van der Waals surface area contributed by atoms with Gasteiger partial charge in [0.1, 0.15) is 11.2 Å². The molecule has 24 fully saturated rings. The van der Waals surface area contributed by atoms with Crippen LogP contribution in [0.4, 0.5) is 0 Å². The van der Waals surface area contributed by atoms with E-state index in [1.807, 2.05) is 27.7 Å². The zero-order chi connectivity index (χ0) is 94.7. The second kappa shape index (κ2) is 40.4. The van der Waals surface area contributed by atoms with Gasteiger partial charge in [0.05, 0.1) is 29.5 Å². The molecule has 19 heteroatoms. The Morgan fingerprint density at radius 3 is 0.939 bits per heavy atom. The Kier molecular flexibility index (Phi) is 31.2. The Hall–Kier alpha value is -5.73. The third-order valence-corrected chi connectivity index (χ3v) is 38.3. The van der Waals surface area contributed by atoms with Crippen molar-refractivity contribution in [2.24, 2.45) is 152 Å². The normalized spacial score (nSPS) is 42.7. The van der Waals surface area contributed by atoms with Gasteiger partial charge in [0, 0.05) is 52.4 Å². The Morgan fingerprint density at radius 2 is 0.611 bits per heavy atom. The van der Waals surface area contributed by atoms with E-state index in [9.17, 15) is 33.6 Å². The van der Waals surface area contributed by atoms with E-state index in [1.165, 1.54) is 192 Å². The first-order chi connectivity index (χ1) is 61.7. The van der Waals surface area contributed by atoms with Crippen LogP contribution in [0, 0.1) is 152 Å². The smallest absolute Gasteiger partial charge is 0.335 e. The van der Waals surface area contributed by atoms with E-state index in [4.69, 9.17) is 56.8 Å². The van der Waals surface area contributed by atoms with Crippen molar-refractivity contribution < 1.29 is 90.4 Å². The van der Waals surface area contributed by atoms with Gasteiger partial charge in [0.2, 0.25) is 31.5 Å². The number of ether oxygens (including phenoxy) is 12. The molecule has 18 unspecified atom stereocenters. The molecule has 2 spiro atoms. The molecule has 0 amide bonds. The van der Waals surface area contributed by atoms with Gasteiger partial charge in [-0.05, 0) is 447 Å². The molecule has 19 nitrogen and oxygen atoms in total. The number of esters is 7. The third-order valence-electron chi connectivity index (χ3n) is 38.3. The molecule has 18 atom stereocenters. The topological polar surface area (TPSA) is 230 Å². The number of hydrogen-bond donors (Lipinski definition) is 0. The lowest BCUT2D eigenvalue weighted by Crippen LogP contribution is -2.53. The van der Waals surface area contributed by atoms with E-state index >= 15 is 0 Å². The molecular weight excluding hydrogens is 1650 g/mol. The minimum absolute atomic E-state index is 0.00435. The fourth-order valence-electron chi connectivity index (χ4n) is 34.1. The van der Waals surface area contributed by atoms with E-state index in [1.54, 1.807) is 34.6 Å². The van der Waals surface area contributed by atoms with Gasteiger partial charge < -0.3 is 56.8 Å². The van der Waals surface area contributed by atoms with Crippen LogP contribution in [0.1, 0.15) is 349 Å². The molecule has 732 valence electrons. The summed E-state index contributed by atoms with van der Waals surface area (Å²) in [5.74, 6) is 15.1. The Morgan fingerprint density at radius 1 is 0.305 bits per heavy atom. The van der Waals surface area contributed by atoms with E-state index in [-0.39, 0.29) is 63.1 Å². The Bertz CT molecular complexity index is 4070. The minimum Gasteiger partial charge on any atom is -0.456 e. The number of rotatable bonds is 24. The van der Waals surface area contributed by atoms with Gasteiger partial charge in [0.25, 0.3) is 0 Å². The van der Waals surface area contributed by atoms with Crippen LogP contribution in [0.5, 0.6) is 0 Å². The molecule has 24 saturated carbocycles. The van der Waals surface area contributed by atoms with Crippen molar-refractivity contribution in [2.45, 2.75) is 421 Å². The predicted molar refractivity (Wildman–Crippen MR) is 506 cm³/mol. The van der Waals surface area contributed by atoms with E-state index in [0.29, 0.717) is 92.9 Å². The van der Waals surface area contributed by atoms with Crippen molar-refractivity contribution in [3.8, 4) is 0 Å². The van der Waals surface area contributed by atoms with E-state index in [0.717, 1.165) is 147 Å². The lowest BCUT2D eigenvalue weighted by atomic mass is 9.54. The second-order valence-corrected chi connectivity index (χ2v) is 48.6. The largest absolute Gasteiger partial charge is 0.456 e. The standard InChI is InChI=1S/C19H30O2.C18H28O2.2C16H24O3.2C15H22O3.C13H20O3/c1-12(2)16(20)21-18(6)9-10-19-11-15(18)17(4,5)14(19)8-7-13(19)3;1-6-15(19)20-17(5)9-10-18-11-14(17)16(3,4)13(18)8-7-12(18)2;1-10(2)15(17)18-11(3)19-16-7-12-4-13(8-16)6-14(5-12)9-16;1-9(2)16(17)19-10(3)18-15-13-5-11-4-12(7-13)8-14(15)6-11;1-3-14(16)17-10(2)18-15-7-11-4-12(8-15)6-13(5-11)9-15;1-3-14(16)17-9(2)18-15-12-5-10-4-11(7-12)8-13(15)6-10;1-8(2)13(14)16-9(3)15-12-7-10-4-5-11(12)6-10/h13-15H,1,7-11H2,2-6H3;6,12-14H,1,7-11H2,2-5H3;11-14H,1,4-9H2,2-3H3;10-15H,1,4-8H2,2-3H3;3,10-13H,1,4-9H2,2H3;3,9-13,15H,1,4-8H2,2H3;9-12H,1,4-7H2,2-3H3. The molecule has 0 heterocycles. The maximum atomic E-state index is 12.1. The highest BCUT2D eigenvalue weighted by atomic mass is 16.7. The maximum absolute atomic E-state index is 12.1. The fraction of sp³-hybridized carbons (Fsp3) is 0.812. The molecule has 0 aromatic carbocycles. The van der Waals surface area contributed by atoms with Crippen LogP contribution in [-0.4, -0.2) is 114 Å². The van der Waals surface area contributed by atoms with Crippen molar-refractivity contribution in [3.63, 3.8) is 0 Å². The monoisotopic (exact) mass is 1820 g/mol. The molecule has 131 heavy (non-hydrogen) atoms. The number of hydrogen-bond acceptors (Lipinski definition) is 19. The van der Waals surface area contributed by atoms with Crippen molar-refractivity contribution in [2.75, 3.05) is 0 Å². The number of carbonyl (C=O) groups excluding carboxylic acids is 7. The summed E-state index contributed by atoms with van der Waals surface area (Å²) in [6.07, 6.45) is 48.6. The van der Waals surface area contributed by atoms with Gasteiger partial charge in [-0.25, -0.2) is 33.6 Å². The molecule has 0 aromatic rings. The molecule has 0 N–H and O–H groups in total. The summed E-state index contributed by atoms with van der Waals surface area (Å²) in [4.78, 5) is 80.5. The van der Waals surface area contributed by atoms with Crippen LogP contribution in [0.3, 0.4) is 0 Å². The molecule has 0 radical (unpaired) electrons. The van der Waals surface area contributed by atoms with Crippen LogP contribution < -0.4 is 0 Å². The van der Waals surface area contributed by atoms with E-state index in [2.05, 4.69) is 101 Å². The molecule has 22 bridgehead atoms. The molecular formula is C112H170O19. The Balaban J connectivity index is 0.000000123. The van der Waals surface area contributed by atoms with Gasteiger partial charge in [-0.1, -0.05) is 87.6 Å². The SMILES string of the molecule is C=C(C)C(=O)OC(C)OC12CC3CC(CC(C3)C1)C2.C=C(C)C(=O)OC(C)OC1C2CC3CC(C2)CC1C3.C=C(C)C(=O)OC(C)OC1CC2CCC1C2.C=C(C)C(=O)OC1(C)CCC23CC1C(C)(C)C2CCC3C.C=CC(=O)OC(C)OC12CC3CC(CC(C3)C1)C2.C=CC(=O)OC(C)OC1C2CC3CC(C2)CC1C3.C=CC(=O)OC1(C)CCC23CC1C(C)(C)C2CCC3C. The molecule has 0 aliphatic heterocycles. The van der Waals surface area contributed by atoms with Crippen molar-refractivity contribution >= 4 is 41.8 Å². The summed E-state index contributed by atoms with van der Waals surface area (Å²) in [5.41, 5.74) is 2.75. The van der Waals surface area contributed by atoms with Crippen molar-refractivity contribution in [3.05, 3.63) is 86.6 Å². The van der Waals surface area contributed by atoms with Crippen LogP contribution in [0.15, 0.2) is 86.6 Å². The van der Waals surface area contributed by atoms with Crippen molar-refractivity contribution in [1.29, 1.82) is 0 Å². The van der Waals surface area contributed by atoms with Gasteiger partial charge in [-0.15, -0.1) is 0 Å². The fourth-order valence-corrected chi connectivity index (χ4v) is 34.1. The number of fused-ring (bicyclic) bond motifs is 4. The maximum Gasteiger partial charge on any atom is 0.335 e. The summed E-state index contributed by atoms with van der Waals surface area (Å²) in [7, 11) is 0. The minimum atomic E-state index is -0.458. The third kappa shape index (κ3) is 22.2. The van der Waals surface area contributed by atoms with Gasteiger partial charge in [-0.2, -0.15) is 0 Å². The lowest BCUT2D eigenvalue weighted by Gasteiger charge is -2.56. The van der Waals surface area contributed by atoms with Gasteiger partial charge in [0.15, 0.2) is 0 Å². The van der Waals surface area contributed by atoms with Crippen molar-refractivity contribution in [1.82, 2.24) is 0 Å². The zero-order valence-electron chi connectivity index (χ0n) is 83.7. The lowest BCUT2D eigenvalue weighted by molar-refractivity contribution is -0.244. The first-order valence-electron chi connectivity index (χ1n) is 52.0. The highest BCUT2D eigenvalue weighted by Gasteiger charge is 2.71. The van der Waals surface area contributed by atoms with Crippen LogP contribution in [0.2, 0.25) is 0 Å². The first kappa shape index (κ1) is 101. The van der Waals surface area contributed by atoms with Gasteiger partial charge in [-0.3, -0.25) is 0 Å². The summed E-state index contributed by atoms with van der Waals surface area (Å²) >= 11 is 0. The highest BCUT2D eigenvalue weighted by Crippen LogP contribution is 2.76. The average Bonchev–Trinajstić information content (AvgIpc) is 1.53. The molecule has 0 aromatic heterocycles. The van der Waals surface area contributed by atoms with Gasteiger partial charge >= 0.3 is 41.8 Å². The Labute approximate surface area is 787 Å². The molecule has 0 saturated heterocycles. The van der Waals surface area contributed by atoms with Crippen LogP contribution >= 0.6 is 0 Å². The summed E-state index contributed by atoms with van der Waals surface area (Å²) in [5, 5.41) is 0. The molecule has 24 aliphatic carbocycles. The average molecular weight is 1820 g/mol. The second-order valence-electron chi connectivity index (χ2n) is 48.6. The highest BCUT2D eigenvalue weighted by molar-refractivity contribution is 5.88. The summed E-state index contributed by atoms with van der Waals surface area (Å²) in [6, 6.07) is 0. The quantitative estimate of drug-likeness (QED) is 0.0378. The number of carbonyl (C=O) groups is 7. The van der Waals surface area contributed by atoms with Crippen LogP contribution in [0.25, 0.3) is 0 Å². The summed E-state index contributed by atoms with van der Waals surface area (Å²) in [6.45, 7) is 59.5. The predicted octanol–water partition coefficient (Wildman–Crippen LogP) is 24.4.